The summed E-state index contributed by atoms with van der Waals surface area (Å²) in [7, 11) is 1.64. The molecule has 2 fully saturated rings. The van der Waals surface area contributed by atoms with Crippen molar-refractivity contribution in [1.82, 2.24) is 0 Å². The lowest BCUT2D eigenvalue weighted by molar-refractivity contribution is -0.125. The van der Waals surface area contributed by atoms with Gasteiger partial charge in [0.1, 0.15) is 6.61 Å². The summed E-state index contributed by atoms with van der Waals surface area (Å²) in [6.07, 6.45) is 0.162. The maximum absolute atomic E-state index is 12.1. The van der Waals surface area contributed by atoms with Crippen molar-refractivity contribution in [2.45, 2.75) is 6.42 Å². The molecule has 3 rings (SSSR count). The second-order valence-electron chi connectivity index (χ2n) is 5.89. The topological polar surface area (TPSA) is 84.0 Å². The van der Waals surface area contributed by atoms with Crippen LogP contribution in [0.2, 0.25) is 0 Å². The number of carbonyl (C=O) groups is 2. The summed E-state index contributed by atoms with van der Waals surface area (Å²) in [5.74, 6) is -0.744. The molecule has 0 N–H and O–H groups in total. The number of hydrogen-bond acceptors (Lipinski definition) is 5. The van der Waals surface area contributed by atoms with E-state index in [0.717, 1.165) is 5.69 Å². The average Bonchev–Trinajstić information content (AvgIpc) is 2.86. The molecule has 9 heteroatoms. The van der Waals surface area contributed by atoms with Crippen LogP contribution in [0.15, 0.2) is 24.3 Å². The molecule has 0 bridgehead atoms. The first-order chi connectivity index (χ1) is 11.3. The van der Waals surface area contributed by atoms with E-state index in [2.05, 4.69) is 0 Å². The van der Waals surface area contributed by atoms with Crippen molar-refractivity contribution in [3.8, 4) is 0 Å². The predicted molar refractivity (Wildman–Crippen MR) is 89.7 cm³/mol. The molecule has 2 saturated heterocycles. The molecule has 1 unspecified atom stereocenters. The van der Waals surface area contributed by atoms with Crippen molar-refractivity contribution in [2.24, 2.45) is 5.92 Å². The smallest absolute Gasteiger partial charge is 0.253 e. The van der Waals surface area contributed by atoms with E-state index >= 15 is 0 Å². The molecule has 1 aromatic carbocycles. The van der Waals surface area contributed by atoms with Gasteiger partial charge in [0.2, 0.25) is 15.0 Å². The van der Waals surface area contributed by atoms with E-state index in [4.69, 9.17) is 15.4 Å². The maximum Gasteiger partial charge on any atom is 0.253 e. The number of ether oxygens (including phenoxy) is 1. The fourth-order valence-electron chi connectivity index (χ4n) is 3.03. The van der Waals surface area contributed by atoms with Crippen LogP contribution in [0.3, 0.4) is 0 Å². The number of anilines is 2. The minimum absolute atomic E-state index is 0.0704. The van der Waals surface area contributed by atoms with E-state index in [9.17, 15) is 18.0 Å². The van der Waals surface area contributed by atoms with Gasteiger partial charge in [0.15, 0.2) is 0 Å². The van der Waals surface area contributed by atoms with Gasteiger partial charge in [-0.1, -0.05) is 0 Å². The Morgan fingerprint density at radius 2 is 1.71 bits per heavy atom. The van der Waals surface area contributed by atoms with Crippen molar-refractivity contribution in [3.63, 3.8) is 0 Å². The number of morpholine rings is 1. The van der Waals surface area contributed by atoms with Crippen molar-refractivity contribution < 1.29 is 22.7 Å². The summed E-state index contributed by atoms with van der Waals surface area (Å²) < 4.78 is 27.5. The summed E-state index contributed by atoms with van der Waals surface area (Å²) in [5, 5.41) is 0. The standard InChI is InChI=1S/C15H17ClN2O5S/c16-24(21,22)10-11-7-14(19)18(8-11)13-3-1-12(2-4-13)17-5-6-23-9-15(17)20/h1-4,11H,5-10H2. The third kappa shape index (κ3) is 3.88. The third-order valence-electron chi connectivity index (χ3n) is 4.10. The van der Waals surface area contributed by atoms with Gasteiger partial charge in [-0.15, -0.1) is 0 Å². The van der Waals surface area contributed by atoms with Crippen LogP contribution in [0.1, 0.15) is 6.42 Å². The summed E-state index contributed by atoms with van der Waals surface area (Å²) >= 11 is 0. The molecule has 2 heterocycles. The zero-order valence-corrected chi connectivity index (χ0v) is 14.4. The zero-order valence-electron chi connectivity index (χ0n) is 12.9. The van der Waals surface area contributed by atoms with Gasteiger partial charge in [0, 0.05) is 47.5 Å². The highest BCUT2D eigenvalue weighted by molar-refractivity contribution is 8.13. The molecule has 0 saturated carbocycles. The second kappa shape index (κ2) is 6.70. The lowest BCUT2D eigenvalue weighted by Crippen LogP contribution is -2.41. The molecule has 0 aliphatic carbocycles. The Morgan fingerprint density at radius 1 is 1.08 bits per heavy atom. The van der Waals surface area contributed by atoms with Gasteiger partial charge in [-0.05, 0) is 24.3 Å². The molecule has 0 radical (unpaired) electrons. The van der Waals surface area contributed by atoms with Crippen molar-refractivity contribution >= 4 is 42.9 Å². The van der Waals surface area contributed by atoms with Crippen molar-refractivity contribution in [2.75, 3.05) is 41.9 Å². The van der Waals surface area contributed by atoms with Gasteiger partial charge >= 0.3 is 0 Å². The lowest BCUT2D eigenvalue weighted by atomic mass is 10.1. The Labute approximate surface area is 144 Å². The third-order valence-corrected chi connectivity index (χ3v) is 5.35. The largest absolute Gasteiger partial charge is 0.370 e. The zero-order chi connectivity index (χ0) is 17.3. The quantitative estimate of drug-likeness (QED) is 0.735. The molecule has 0 aromatic heterocycles. The van der Waals surface area contributed by atoms with Crippen LogP contribution in [0.4, 0.5) is 11.4 Å². The molecular formula is C15H17ClN2O5S. The Morgan fingerprint density at radius 3 is 2.29 bits per heavy atom. The van der Waals surface area contributed by atoms with Crippen molar-refractivity contribution in [3.05, 3.63) is 24.3 Å². The van der Waals surface area contributed by atoms with Gasteiger partial charge in [-0.25, -0.2) is 8.42 Å². The molecular weight excluding hydrogens is 356 g/mol. The summed E-state index contributed by atoms with van der Waals surface area (Å²) in [4.78, 5) is 27.1. The highest BCUT2D eigenvalue weighted by Gasteiger charge is 2.33. The monoisotopic (exact) mass is 372 g/mol. The number of carbonyl (C=O) groups excluding carboxylic acids is 2. The molecule has 2 aliphatic heterocycles. The van der Waals surface area contributed by atoms with Crippen LogP contribution in [-0.4, -0.2) is 52.3 Å². The van der Waals surface area contributed by atoms with Crippen LogP contribution < -0.4 is 9.80 Å². The predicted octanol–water partition coefficient (Wildman–Crippen LogP) is 0.971. The highest BCUT2D eigenvalue weighted by Crippen LogP contribution is 2.28. The Balaban J connectivity index is 1.71. The molecule has 2 aliphatic rings. The van der Waals surface area contributed by atoms with Gasteiger partial charge in [-0.2, -0.15) is 0 Å². The fourth-order valence-corrected chi connectivity index (χ4v) is 4.35. The Kier molecular flexibility index (Phi) is 4.80. The number of rotatable bonds is 4. The molecule has 130 valence electrons. The number of amides is 2. The van der Waals surface area contributed by atoms with E-state index in [1.54, 1.807) is 34.1 Å². The van der Waals surface area contributed by atoms with E-state index < -0.39 is 9.05 Å². The molecule has 2 amide bonds. The minimum Gasteiger partial charge on any atom is -0.370 e. The number of hydrogen-bond donors (Lipinski definition) is 0. The molecule has 1 aromatic rings. The first-order valence-electron chi connectivity index (χ1n) is 7.54. The van der Waals surface area contributed by atoms with Crippen molar-refractivity contribution in [1.29, 1.82) is 0 Å². The SMILES string of the molecule is O=C1COCCN1c1ccc(N2CC(CS(=O)(=O)Cl)CC2=O)cc1. The van der Waals surface area contributed by atoms with E-state index in [1.165, 1.54) is 0 Å². The van der Waals surface area contributed by atoms with Crippen LogP contribution >= 0.6 is 10.7 Å². The van der Waals surface area contributed by atoms with Gasteiger partial charge in [0.05, 0.1) is 12.4 Å². The summed E-state index contributed by atoms with van der Waals surface area (Å²) in [6.45, 7) is 1.38. The van der Waals surface area contributed by atoms with E-state index in [0.29, 0.717) is 25.4 Å². The number of nitrogens with zero attached hydrogens (tertiary/aromatic N) is 2. The fraction of sp³-hybridized carbons (Fsp3) is 0.467. The van der Waals surface area contributed by atoms with Crippen LogP contribution in [0.25, 0.3) is 0 Å². The Bertz CT molecular complexity index is 750. The first kappa shape index (κ1) is 17.2. The van der Waals surface area contributed by atoms with E-state index in [1.807, 2.05) is 0 Å². The lowest BCUT2D eigenvalue weighted by Gasteiger charge is -2.27. The van der Waals surface area contributed by atoms with Gasteiger partial charge in [-0.3, -0.25) is 9.59 Å². The molecule has 1 atom stereocenters. The first-order valence-corrected chi connectivity index (χ1v) is 10.0. The molecule has 0 spiro atoms. The highest BCUT2D eigenvalue weighted by atomic mass is 35.7. The normalized spacial score (nSPS) is 22.3. The van der Waals surface area contributed by atoms with Gasteiger partial charge < -0.3 is 14.5 Å². The maximum atomic E-state index is 12.1. The van der Waals surface area contributed by atoms with Crippen LogP contribution in [-0.2, 0) is 23.4 Å². The number of halogens is 1. The minimum atomic E-state index is -3.63. The number of benzene rings is 1. The van der Waals surface area contributed by atoms with Crippen LogP contribution in [0, 0.1) is 5.92 Å². The van der Waals surface area contributed by atoms with Gasteiger partial charge in [0.25, 0.3) is 5.91 Å². The summed E-state index contributed by atoms with van der Waals surface area (Å²) in [5.41, 5.74) is 1.43. The average molecular weight is 373 g/mol. The van der Waals surface area contributed by atoms with E-state index in [-0.39, 0.29) is 36.5 Å². The summed E-state index contributed by atoms with van der Waals surface area (Å²) in [6, 6.07) is 7.07. The Hall–Kier alpha value is -1.64. The molecule has 7 nitrogen and oxygen atoms in total. The van der Waals surface area contributed by atoms with Crippen LogP contribution in [0.5, 0.6) is 0 Å². The second-order valence-corrected chi connectivity index (χ2v) is 8.72. The molecule has 24 heavy (non-hydrogen) atoms.